The second-order valence-electron chi connectivity index (χ2n) is 7.90. The van der Waals surface area contributed by atoms with E-state index in [1.165, 1.54) is 18.9 Å². The van der Waals surface area contributed by atoms with Gasteiger partial charge in [0.15, 0.2) is 0 Å². The van der Waals surface area contributed by atoms with Crippen LogP contribution in [0.3, 0.4) is 0 Å². The fourth-order valence-corrected chi connectivity index (χ4v) is 5.24. The number of benzene rings is 2. The Kier molecular flexibility index (Phi) is 8.03. The van der Waals surface area contributed by atoms with Crippen LogP contribution in [0, 0.1) is 27.7 Å². The van der Waals surface area contributed by atoms with E-state index in [1.807, 2.05) is 19.9 Å². The molecule has 2 rings (SSSR count). The summed E-state index contributed by atoms with van der Waals surface area (Å²) in [6.45, 7) is 8.44. The molecule has 0 bridgehead atoms. The summed E-state index contributed by atoms with van der Waals surface area (Å²) in [7, 11) is -0.938. The Morgan fingerprint density at radius 2 is 1.56 bits per heavy atom. The number of methoxy groups -OCH3 is 1. The number of nitrogens with zero attached hydrogens (tertiary/aromatic N) is 1. The van der Waals surface area contributed by atoms with Crippen LogP contribution >= 0.6 is 0 Å². The molecule has 0 fully saturated rings. The fourth-order valence-electron chi connectivity index (χ4n) is 3.42. The maximum Gasteiger partial charge on any atom is 0.243 e. The first-order valence-corrected chi connectivity index (χ1v) is 11.6. The minimum atomic E-state index is -3.94. The third kappa shape index (κ3) is 5.86. The molecule has 174 valence electrons. The first-order chi connectivity index (χ1) is 14.9. The summed E-state index contributed by atoms with van der Waals surface area (Å²) in [5.74, 6) is -0.258. The maximum atomic E-state index is 13.1. The first-order valence-electron chi connectivity index (χ1n) is 10.2. The van der Waals surface area contributed by atoms with Crippen molar-refractivity contribution in [1.82, 2.24) is 9.62 Å². The molecule has 0 aliphatic rings. The summed E-state index contributed by atoms with van der Waals surface area (Å²) in [6.07, 6.45) is 0. The Hall–Kier alpha value is -2.91. The van der Waals surface area contributed by atoms with E-state index in [-0.39, 0.29) is 11.4 Å². The summed E-state index contributed by atoms with van der Waals surface area (Å²) in [6, 6.07) is 7.68. The van der Waals surface area contributed by atoms with Crippen LogP contribution in [-0.4, -0.2) is 51.9 Å². The zero-order valence-corrected chi connectivity index (χ0v) is 20.4. The standard InChI is InChI=1S/C23H31N3O5S/c1-14-12-15(2)17(4)22(16(14)3)32(29,30)25-18(5)23(28)26(6)13-21(27)24-19-8-10-20(31-7)11-9-19/h8-12,18,25H,13H2,1-7H3,(H,24,27)/t18-/m1/s1. The van der Waals surface area contributed by atoms with Crippen LogP contribution in [-0.2, 0) is 19.6 Å². The van der Waals surface area contributed by atoms with E-state index in [9.17, 15) is 18.0 Å². The zero-order chi connectivity index (χ0) is 24.2. The largest absolute Gasteiger partial charge is 0.497 e. The van der Waals surface area contributed by atoms with E-state index in [0.29, 0.717) is 22.6 Å². The molecule has 0 saturated carbocycles. The highest BCUT2D eigenvalue weighted by Gasteiger charge is 2.28. The number of nitrogens with one attached hydrogen (secondary N) is 2. The molecule has 1 atom stereocenters. The quantitative estimate of drug-likeness (QED) is 0.629. The van der Waals surface area contributed by atoms with Gasteiger partial charge in [-0.05, 0) is 81.1 Å². The van der Waals surface area contributed by atoms with E-state index in [2.05, 4.69) is 10.0 Å². The van der Waals surface area contributed by atoms with Crippen LogP contribution in [0.5, 0.6) is 5.75 Å². The van der Waals surface area contributed by atoms with Gasteiger partial charge in [0.05, 0.1) is 24.6 Å². The minimum Gasteiger partial charge on any atom is -0.497 e. The van der Waals surface area contributed by atoms with Crippen molar-refractivity contribution in [3.8, 4) is 5.75 Å². The number of amides is 2. The van der Waals surface area contributed by atoms with Crippen molar-refractivity contribution in [1.29, 1.82) is 0 Å². The smallest absolute Gasteiger partial charge is 0.243 e. The molecule has 0 heterocycles. The van der Waals surface area contributed by atoms with Crippen LogP contribution in [0.15, 0.2) is 35.2 Å². The summed E-state index contributed by atoms with van der Waals surface area (Å²) in [5, 5.41) is 2.69. The molecule has 2 aromatic carbocycles. The summed E-state index contributed by atoms with van der Waals surface area (Å²) >= 11 is 0. The Bertz CT molecular complexity index is 1090. The number of likely N-dealkylation sites (N-methyl/N-ethyl adjacent to an activating group) is 1. The van der Waals surface area contributed by atoms with Gasteiger partial charge >= 0.3 is 0 Å². The van der Waals surface area contributed by atoms with Crippen molar-refractivity contribution < 1.29 is 22.7 Å². The lowest BCUT2D eigenvalue weighted by Gasteiger charge is -2.23. The molecule has 0 saturated heterocycles. The summed E-state index contributed by atoms with van der Waals surface area (Å²) in [4.78, 5) is 26.4. The number of rotatable bonds is 8. The number of aryl methyl sites for hydroxylation is 2. The van der Waals surface area contributed by atoms with Crippen molar-refractivity contribution in [3.05, 3.63) is 52.6 Å². The maximum absolute atomic E-state index is 13.1. The highest BCUT2D eigenvalue weighted by atomic mass is 32.2. The molecule has 2 N–H and O–H groups in total. The monoisotopic (exact) mass is 461 g/mol. The molecular weight excluding hydrogens is 430 g/mol. The molecule has 8 nitrogen and oxygen atoms in total. The van der Waals surface area contributed by atoms with Gasteiger partial charge in [-0.1, -0.05) is 6.07 Å². The number of hydrogen-bond donors (Lipinski definition) is 2. The average Bonchev–Trinajstić information content (AvgIpc) is 2.71. The van der Waals surface area contributed by atoms with Gasteiger partial charge in [-0.15, -0.1) is 0 Å². The molecule has 0 radical (unpaired) electrons. The van der Waals surface area contributed by atoms with Crippen LogP contribution in [0.4, 0.5) is 5.69 Å². The van der Waals surface area contributed by atoms with Crippen LogP contribution in [0.2, 0.25) is 0 Å². The third-order valence-corrected chi connectivity index (χ3v) is 7.21. The van der Waals surface area contributed by atoms with E-state index in [0.717, 1.165) is 11.1 Å². The number of carbonyl (C=O) groups is 2. The van der Waals surface area contributed by atoms with Crippen molar-refractivity contribution >= 4 is 27.5 Å². The second kappa shape index (κ2) is 10.1. The number of anilines is 1. The molecule has 0 aliphatic carbocycles. The van der Waals surface area contributed by atoms with Crippen LogP contribution in [0.25, 0.3) is 0 Å². The third-order valence-electron chi connectivity index (χ3n) is 5.40. The molecule has 0 aliphatic heterocycles. The number of ether oxygens (including phenoxy) is 1. The Balaban J connectivity index is 2.07. The van der Waals surface area contributed by atoms with Crippen molar-refractivity contribution in [2.45, 2.75) is 45.6 Å². The van der Waals surface area contributed by atoms with Crippen molar-refractivity contribution in [2.24, 2.45) is 0 Å². The lowest BCUT2D eigenvalue weighted by molar-refractivity contribution is -0.134. The molecule has 32 heavy (non-hydrogen) atoms. The Morgan fingerprint density at radius 3 is 2.06 bits per heavy atom. The summed E-state index contributed by atoms with van der Waals surface area (Å²) < 4.78 is 33.7. The zero-order valence-electron chi connectivity index (χ0n) is 19.6. The Morgan fingerprint density at radius 1 is 1.03 bits per heavy atom. The normalized spacial score (nSPS) is 12.2. The highest BCUT2D eigenvalue weighted by molar-refractivity contribution is 7.89. The number of hydrogen-bond acceptors (Lipinski definition) is 5. The number of carbonyl (C=O) groups excluding carboxylic acids is 2. The van der Waals surface area contributed by atoms with Gasteiger partial charge in [0, 0.05) is 12.7 Å². The van der Waals surface area contributed by atoms with Gasteiger partial charge in [-0.25, -0.2) is 8.42 Å². The van der Waals surface area contributed by atoms with E-state index in [4.69, 9.17) is 4.74 Å². The van der Waals surface area contributed by atoms with Gasteiger partial charge in [0.25, 0.3) is 0 Å². The van der Waals surface area contributed by atoms with Crippen LogP contribution < -0.4 is 14.8 Å². The first kappa shape index (κ1) is 25.4. The second-order valence-corrected chi connectivity index (χ2v) is 9.55. The van der Waals surface area contributed by atoms with Crippen molar-refractivity contribution in [2.75, 3.05) is 26.0 Å². The molecule has 0 unspecified atom stereocenters. The molecule has 0 aromatic heterocycles. The van der Waals surface area contributed by atoms with Crippen molar-refractivity contribution in [3.63, 3.8) is 0 Å². The van der Waals surface area contributed by atoms with E-state index < -0.39 is 27.9 Å². The lowest BCUT2D eigenvalue weighted by Crippen LogP contribution is -2.47. The molecule has 0 spiro atoms. The van der Waals surface area contributed by atoms with Gasteiger partial charge < -0.3 is 15.0 Å². The SMILES string of the molecule is COc1ccc(NC(=O)CN(C)C(=O)[C@@H](C)NS(=O)(=O)c2c(C)c(C)cc(C)c2C)cc1. The number of sulfonamides is 1. The van der Waals surface area contributed by atoms with E-state index in [1.54, 1.807) is 45.2 Å². The van der Waals surface area contributed by atoms with Gasteiger partial charge in [-0.2, -0.15) is 4.72 Å². The van der Waals surface area contributed by atoms with Gasteiger partial charge in [-0.3, -0.25) is 9.59 Å². The predicted molar refractivity (Wildman–Crippen MR) is 124 cm³/mol. The van der Waals surface area contributed by atoms with Crippen LogP contribution in [0.1, 0.15) is 29.2 Å². The lowest BCUT2D eigenvalue weighted by atomic mass is 10.0. The van der Waals surface area contributed by atoms with Gasteiger partial charge in [0.1, 0.15) is 5.75 Å². The molecular formula is C23H31N3O5S. The fraction of sp³-hybridized carbons (Fsp3) is 0.391. The Labute approximate surface area is 190 Å². The molecule has 2 aromatic rings. The summed E-state index contributed by atoms with van der Waals surface area (Å²) in [5.41, 5.74) is 3.57. The van der Waals surface area contributed by atoms with E-state index >= 15 is 0 Å². The minimum absolute atomic E-state index is 0.189. The van der Waals surface area contributed by atoms with Gasteiger partial charge in [0.2, 0.25) is 21.8 Å². The average molecular weight is 462 g/mol. The molecule has 2 amide bonds. The molecule has 9 heteroatoms. The highest BCUT2D eigenvalue weighted by Crippen LogP contribution is 2.26. The topological polar surface area (TPSA) is 105 Å². The predicted octanol–water partition coefficient (Wildman–Crippen LogP) is 2.69.